The topological polar surface area (TPSA) is 237 Å². The van der Waals surface area contributed by atoms with Gasteiger partial charge in [-0.15, -0.1) is 0 Å². The molecule has 19 heteroatoms. The third kappa shape index (κ3) is 86.3. The van der Waals surface area contributed by atoms with E-state index in [0.717, 1.165) is 95.8 Å². The van der Waals surface area contributed by atoms with Crippen LogP contribution in [0, 0.1) is 5.92 Å². The summed E-state index contributed by atoms with van der Waals surface area (Å²) in [7, 11) is -9.94. The third-order valence-corrected chi connectivity index (χ3v) is 24.5. The Kier molecular flexibility index (Phi) is 85.0. The molecule has 0 aromatic rings. The lowest BCUT2D eigenvalue weighted by molar-refractivity contribution is -0.161. The first-order chi connectivity index (χ1) is 55.1. The highest BCUT2D eigenvalue weighted by Crippen LogP contribution is 2.45. The second kappa shape index (κ2) is 86.4. The number of aliphatic hydroxyl groups is 1. The van der Waals surface area contributed by atoms with E-state index in [1.165, 1.54) is 340 Å². The highest BCUT2D eigenvalue weighted by molar-refractivity contribution is 7.47. The van der Waals surface area contributed by atoms with Gasteiger partial charge in [-0.2, -0.15) is 0 Å². The Hall–Kier alpha value is -1.94. The highest BCUT2D eigenvalue weighted by atomic mass is 31.2. The maximum Gasteiger partial charge on any atom is 0.472 e. The number of ether oxygens (including phenoxy) is 4. The van der Waals surface area contributed by atoms with Gasteiger partial charge in [-0.3, -0.25) is 37.3 Å². The first-order valence-corrected chi connectivity index (χ1v) is 51.7. The average Bonchev–Trinajstić information content (AvgIpc) is 0.912. The molecular formula is C94H184O17P2. The molecule has 0 rings (SSSR count). The van der Waals surface area contributed by atoms with E-state index >= 15 is 0 Å². The summed E-state index contributed by atoms with van der Waals surface area (Å²) in [6.45, 7) is 7.48. The smallest absolute Gasteiger partial charge is 0.462 e. The molecule has 3 unspecified atom stereocenters. The van der Waals surface area contributed by atoms with E-state index in [4.69, 9.17) is 37.0 Å². The number of phosphoric acid groups is 2. The maximum atomic E-state index is 13.2. The Bertz CT molecular complexity index is 2140. The van der Waals surface area contributed by atoms with E-state index in [1.807, 2.05) is 0 Å². The van der Waals surface area contributed by atoms with Crippen molar-refractivity contribution in [1.29, 1.82) is 0 Å². The van der Waals surface area contributed by atoms with Gasteiger partial charge in [0.05, 0.1) is 26.4 Å². The van der Waals surface area contributed by atoms with Crippen LogP contribution in [0.4, 0.5) is 0 Å². The zero-order valence-corrected chi connectivity index (χ0v) is 76.3. The van der Waals surface area contributed by atoms with E-state index < -0.39 is 97.5 Å². The molecule has 0 aromatic carbocycles. The van der Waals surface area contributed by atoms with Gasteiger partial charge in [-0.05, 0) is 31.6 Å². The molecule has 0 bridgehead atoms. The number of hydrogen-bond acceptors (Lipinski definition) is 15. The van der Waals surface area contributed by atoms with Gasteiger partial charge in [0.2, 0.25) is 0 Å². The van der Waals surface area contributed by atoms with Crippen molar-refractivity contribution < 1.29 is 80.2 Å². The Morgan fingerprint density at radius 1 is 0.248 bits per heavy atom. The standard InChI is InChI=1S/C94H184O17P2/c1-6-10-13-16-19-22-25-28-30-32-34-35-36-41-44-48-53-58-63-68-73-78-92(97)105-84-90(111-94(99)80-75-70-65-60-55-50-46-42-38-37-39-43-47-51-56-61-66-71-76-87(5)9-4)86-109-113(102,103)107-82-88(95)81-106-112(100,101)108-85-89(83-104-91(96)77-72-67-62-57-52-27-24-21-18-15-12-8-3)110-93(98)79-74-69-64-59-54-49-45-40-33-31-29-26-23-20-17-14-11-7-2/h87-90,95H,6-86H2,1-5H3,(H,100,101)(H,102,103)/t87?,88-,89+,90+/m0/s1. The summed E-state index contributed by atoms with van der Waals surface area (Å²) in [5, 5.41) is 10.7. The van der Waals surface area contributed by atoms with Crippen LogP contribution in [-0.2, 0) is 65.4 Å². The molecule has 0 aliphatic carbocycles. The number of carbonyl (C=O) groups is 4. The van der Waals surface area contributed by atoms with E-state index in [-0.39, 0.29) is 25.7 Å². The Morgan fingerprint density at radius 2 is 0.425 bits per heavy atom. The largest absolute Gasteiger partial charge is 0.472 e. The summed E-state index contributed by atoms with van der Waals surface area (Å²) in [6, 6.07) is 0. The predicted octanol–water partition coefficient (Wildman–Crippen LogP) is 29.5. The summed E-state index contributed by atoms with van der Waals surface area (Å²) in [5.74, 6) is -1.22. The molecule has 0 aliphatic rings. The fourth-order valence-corrected chi connectivity index (χ4v) is 16.4. The minimum Gasteiger partial charge on any atom is -0.462 e. The van der Waals surface area contributed by atoms with Crippen LogP contribution < -0.4 is 0 Å². The van der Waals surface area contributed by atoms with Gasteiger partial charge < -0.3 is 33.8 Å². The molecular weight excluding hydrogens is 1460 g/mol. The third-order valence-electron chi connectivity index (χ3n) is 22.6. The number of phosphoric ester groups is 2. The predicted molar refractivity (Wildman–Crippen MR) is 469 cm³/mol. The molecule has 0 heterocycles. The fourth-order valence-electron chi connectivity index (χ4n) is 14.9. The maximum absolute atomic E-state index is 13.2. The molecule has 0 aromatic heterocycles. The molecule has 17 nitrogen and oxygen atoms in total. The van der Waals surface area contributed by atoms with Crippen LogP contribution in [0.2, 0.25) is 0 Å². The van der Waals surface area contributed by atoms with Gasteiger partial charge in [0.15, 0.2) is 12.2 Å². The van der Waals surface area contributed by atoms with Crippen LogP contribution in [-0.4, -0.2) is 96.7 Å². The van der Waals surface area contributed by atoms with Crippen molar-refractivity contribution in [3.05, 3.63) is 0 Å². The first-order valence-electron chi connectivity index (χ1n) is 48.7. The van der Waals surface area contributed by atoms with Crippen LogP contribution in [0.15, 0.2) is 0 Å². The summed E-state index contributed by atoms with van der Waals surface area (Å²) in [4.78, 5) is 73.5. The van der Waals surface area contributed by atoms with Gasteiger partial charge in [-0.1, -0.05) is 465 Å². The highest BCUT2D eigenvalue weighted by Gasteiger charge is 2.31. The van der Waals surface area contributed by atoms with Gasteiger partial charge >= 0.3 is 39.5 Å². The molecule has 0 spiro atoms. The van der Waals surface area contributed by atoms with Crippen LogP contribution >= 0.6 is 15.6 Å². The fraction of sp³-hybridized carbons (Fsp3) is 0.957. The number of carbonyl (C=O) groups excluding carboxylic acids is 4. The van der Waals surface area contributed by atoms with Crippen LogP contribution in [0.25, 0.3) is 0 Å². The number of hydrogen-bond donors (Lipinski definition) is 3. The zero-order chi connectivity index (χ0) is 82.6. The molecule has 0 saturated heterocycles. The monoisotopic (exact) mass is 1650 g/mol. The molecule has 113 heavy (non-hydrogen) atoms. The number of rotatable bonds is 94. The Labute approximate surface area is 696 Å². The first kappa shape index (κ1) is 111. The molecule has 0 aliphatic heterocycles. The summed E-state index contributed by atoms with van der Waals surface area (Å²) in [6.07, 6.45) is 83.4. The van der Waals surface area contributed by atoms with Crippen molar-refractivity contribution >= 4 is 39.5 Å². The second-order valence-corrected chi connectivity index (χ2v) is 36.9. The molecule has 672 valence electrons. The summed E-state index contributed by atoms with van der Waals surface area (Å²) < 4.78 is 69.2. The van der Waals surface area contributed by atoms with Crippen molar-refractivity contribution in [2.45, 2.75) is 534 Å². The van der Waals surface area contributed by atoms with Crippen molar-refractivity contribution in [1.82, 2.24) is 0 Å². The SMILES string of the molecule is CCCCCCCCCCCCCCCCCCCCCCCC(=O)OC[C@H](COP(=O)(O)OC[C@@H](O)COP(=O)(O)OC[C@@H](COC(=O)CCCCCCCCCCCCCC)OC(=O)CCCCCCCCCCCCCCCCCCCC)OC(=O)CCCCCCCCCCCCCCCCCCCCC(C)CC. The lowest BCUT2D eigenvalue weighted by atomic mass is 9.99. The van der Waals surface area contributed by atoms with Crippen LogP contribution in [0.5, 0.6) is 0 Å². The van der Waals surface area contributed by atoms with Crippen molar-refractivity contribution in [3.63, 3.8) is 0 Å². The minimum atomic E-state index is -4.97. The molecule has 0 saturated carbocycles. The quantitative estimate of drug-likeness (QED) is 0.0222. The van der Waals surface area contributed by atoms with Gasteiger partial charge in [-0.25, -0.2) is 9.13 Å². The minimum absolute atomic E-state index is 0.110. The van der Waals surface area contributed by atoms with E-state index in [0.29, 0.717) is 25.7 Å². The lowest BCUT2D eigenvalue weighted by Crippen LogP contribution is -2.30. The molecule has 3 N–H and O–H groups in total. The molecule has 0 radical (unpaired) electrons. The number of unbranched alkanes of at least 4 members (excludes halogenated alkanes) is 65. The summed E-state index contributed by atoms with van der Waals surface area (Å²) in [5.41, 5.74) is 0. The van der Waals surface area contributed by atoms with Crippen LogP contribution in [0.3, 0.4) is 0 Å². The van der Waals surface area contributed by atoms with Crippen molar-refractivity contribution in [3.8, 4) is 0 Å². The van der Waals surface area contributed by atoms with Gasteiger partial charge in [0.25, 0.3) is 0 Å². The molecule has 6 atom stereocenters. The second-order valence-electron chi connectivity index (χ2n) is 34.0. The molecule has 0 amide bonds. The zero-order valence-electron chi connectivity index (χ0n) is 74.5. The van der Waals surface area contributed by atoms with E-state index in [9.17, 15) is 43.2 Å². The van der Waals surface area contributed by atoms with E-state index in [2.05, 4.69) is 34.6 Å². The summed E-state index contributed by atoms with van der Waals surface area (Å²) >= 11 is 0. The van der Waals surface area contributed by atoms with Crippen molar-refractivity contribution in [2.24, 2.45) is 5.92 Å². The lowest BCUT2D eigenvalue weighted by Gasteiger charge is -2.21. The Balaban J connectivity index is 5.24. The van der Waals surface area contributed by atoms with E-state index in [1.54, 1.807) is 0 Å². The molecule has 0 fully saturated rings. The van der Waals surface area contributed by atoms with Crippen LogP contribution in [0.1, 0.15) is 516 Å². The Morgan fingerprint density at radius 3 is 0.628 bits per heavy atom. The van der Waals surface area contributed by atoms with Gasteiger partial charge in [0, 0.05) is 25.7 Å². The number of esters is 4. The number of aliphatic hydroxyl groups excluding tert-OH is 1. The van der Waals surface area contributed by atoms with Gasteiger partial charge in [0.1, 0.15) is 19.3 Å². The average molecular weight is 1650 g/mol. The van der Waals surface area contributed by atoms with Crippen molar-refractivity contribution in [2.75, 3.05) is 39.6 Å². The normalized spacial score (nSPS) is 13.9.